The second kappa shape index (κ2) is 4.32. The molecule has 0 spiro atoms. The Morgan fingerprint density at radius 2 is 2.24 bits per heavy atom. The average Bonchev–Trinajstić information content (AvgIpc) is 2.55. The third-order valence-electron chi connectivity index (χ3n) is 2.01. The lowest BCUT2D eigenvalue weighted by Gasteiger charge is -2.08. The predicted octanol–water partition coefficient (Wildman–Crippen LogP) is 2.08. The van der Waals surface area contributed by atoms with Crippen LogP contribution >= 0.6 is 0 Å². The first-order valence-corrected chi connectivity index (χ1v) is 5.15. The Labute approximate surface area is 96.6 Å². The van der Waals surface area contributed by atoms with Gasteiger partial charge in [0.05, 0.1) is 11.6 Å². The van der Waals surface area contributed by atoms with Crippen molar-refractivity contribution >= 4 is 22.9 Å². The summed E-state index contributed by atoms with van der Waals surface area (Å²) < 4.78 is 9.79. The fraction of sp³-hybridized carbons (Fsp3) is 0.273. The highest BCUT2D eigenvalue weighted by Crippen LogP contribution is 2.16. The molecule has 0 bridgehead atoms. The van der Waals surface area contributed by atoms with Crippen LogP contribution in [0.5, 0.6) is 0 Å². The number of aromatic nitrogens is 1. The van der Waals surface area contributed by atoms with Gasteiger partial charge in [-0.05, 0) is 26.0 Å². The van der Waals surface area contributed by atoms with Crippen LogP contribution in [0.15, 0.2) is 27.4 Å². The summed E-state index contributed by atoms with van der Waals surface area (Å²) in [6, 6.07) is 4.84. The van der Waals surface area contributed by atoms with E-state index in [9.17, 15) is 9.59 Å². The van der Waals surface area contributed by atoms with Crippen LogP contribution in [-0.4, -0.2) is 17.2 Å². The fourth-order valence-electron chi connectivity index (χ4n) is 1.38. The summed E-state index contributed by atoms with van der Waals surface area (Å²) in [7, 11) is 0. The Bertz CT molecular complexity index is 597. The van der Waals surface area contributed by atoms with Gasteiger partial charge < -0.3 is 9.15 Å². The van der Waals surface area contributed by atoms with Crippen LogP contribution in [0.4, 0.5) is 10.5 Å². The van der Waals surface area contributed by atoms with Crippen molar-refractivity contribution in [2.45, 2.75) is 20.0 Å². The normalized spacial score (nSPS) is 10.8. The molecule has 6 heteroatoms. The number of oxazole rings is 1. The highest BCUT2D eigenvalue weighted by Gasteiger charge is 2.07. The van der Waals surface area contributed by atoms with Crippen molar-refractivity contribution < 1.29 is 13.9 Å². The standard InChI is InChI=1S/C11H12N2O4/c1-6(2)16-10(14)12-7-3-4-8-9(5-7)17-11(15)13-8/h3-6H,1-2H3,(H,12,14)(H,13,15). The highest BCUT2D eigenvalue weighted by molar-refractivity contribution is 5.88. The number of ether oxygens (including phenoxy) is 1. The lowest BCUT2D eigenvalue weighted by molar-refractivity contribution is 0.130. The smallest absolute Gasteiger partial charge is 0.417 e. The van der Waals surface area contributed by atoms with Crippen molar-refractivity contribution in [3.8, 4) is 0 Å². The molecule has 0 unspecified atom stereocenters. The number of nitrogens with one attached hydrogen (secondary N) is 2. The minimum atomic E-state index is -0.544. The van der Waals surface area contributed by atoms with Crippen molar-refractivity contribution in [2.24, 2.45) is 0 Å². The molecule has 0 radical (unpaired) electrons. The first-order valence-electron chi connectivity index (χ1n) is 5.15. The van der Waals surface area contributed by atoms with Crippen LogP contribution in [0.25, 0.3) is 11.1 Å². The third-order valence-corrected chi connectivity index (χ3v) is 2.01. The second-order valence-electron chi connectivity index (χ2n) is 3.80. The summed E-state index contributed by atoms with van der Waals surface area (Å²) in [6.07, 6.45) is -0.735. The number of carbonyl (C=O) groups excluding carboxylic acids is 1. The Balaban J connectivity index is 2.19. The molecule has 1 aromatic heterocycles. The Kier molecular flexibility index (Phi) is 2.86. The zero-order chi connectivity index (χ0) is 12.4. The Hall–Kier alpha value is -2.24. The molecular weight excluding hydrogens is 224 g/mol. The van der Waals surface area contributed by atoms with E-state index in [4.69, 9.17) is 9.15 Å². The molecule has 1 heterocycles. The van der Waals surface area contributed by atoms with E-state index in [0.29, 0.717) is 16.8 Å². The van der Waals surface area contributed by atoms with Crippen molar-refractivity contribution in [3.05, 3.63) is 28.7 Å². The second-order valence-corrected chi connectivity index (χ2v) is 3.80. The summed E-state index contributed by atoms with van der Waals surface area (Å²) in [5.74, 6) is -0.526. The molecule has 0 fully saturated rings. The summed E-state index contributed by atoms with van der Waals surface area (Å²) in [5.41, 5.74) is 1.47. The maximum absolute atomic E-state index is 11.3. The largest absolute Gasteiger partial charge is 0.447 e. The van der Waals surface area contributed by atoms with E-state index in [2.05, 4.69) is 10.3 Å². The van der Waals surface area contributed by atoms with E-state index in [1.54, 1.807) is 32.0 Å². The van der Waals surface area contributed by atoms with Gasteiger partial charge in [0.25, 0.3) is 0 Å². The van der Waals surface area contributed by atoms with Gasteiger partial charge in [0.1, 0.15) is 0 Å². The predicted molar refractivity (Wildman–Crippen MR) is 62.1 cm³/mol. The molecule has 2 aromatic rings. The Morgan fingerprint density at radius 3 is 2.94 bits per heavy atom. The van der Waals surface area contributed by atoms with Crippen LogP contribution in [-0.2, 0) is 4.74 Å². The van der Waals surface area contributed by atoms with Crippen LogP contribution in [0, 0.1) is 0 Å². The van der Waals surface area contributed by atoms with E-state index in [0.717, 1.165) is 0 Å². The van der Waals surface area contributed by atoms with Crippen LogP contribution in [0.2, 0.25) is 0 Å². The zero-order valence-corrected chi connectivity index (χ0v) is 9.44. The monoisotopic (exact) mass is 236 g/mol. The molecule has 2 rings (SSSR count). The molecule has 6 nitrogen and oxygen atoms in total. The van der Waals surface area contributed by atoms with Gasteiger partial charge in [-0.2, -0.15) is 0 Å². The fourth-order valence-corrected chi connectivity index (χ4v) is 1.38. The number of rotatable bonds is 2. The third kappa shape index (κ3) is 2.66. The lowest BCUT2D eigenvalue weighted by Crippen LogP contribution is -2.17. The number of fused-ring (bicyclic) bond motifs is 1. The number of carbonyl (C=O) groups is 1. The van der Waals surface area contributed by atoms with Crippen LogP contribution in [0.1, 0.15) is 13.8 Å². The number of anilines is 1. The van der Waals surface area contributed by atoms with Gasteiger partial charge in [-0.3, -0.25) is 10.3 Å². The molecule has 0 atom stereocenters. The lowest BCUT2D eigenvalue weighted by atomic mass is 10.3. The minimum absolute atomic E-state index is 0.191. The Morgan fingerprint density at radius 1 is 1.47 bits per heavy atom. The van der Waals surface area contributed by atoms with E-state index >= 15 is 0 Å². The molecule has 0 saturated carbocycles. The molecule has 1 aromatic carbocycles. The number of amides is 1. The van der Waals surface area contributed by atoms with Crippen molar-refractivity contribution in [2.75, 3.05) is 5.32 Å². The van der Waals surface area contributed by atoms with Gasteiger partial charge in [-0.15, -0.1) is 0 Å². The van der Waals surface area contributed by atoms with Crippen LogP contribution in [0.3, 0.4) is 0 Å². The van der Waals surface area contributed by atoms with Gasteiger partial charge in [0.2, 0.25) is 0 Å². The zero-order valence-electron chi connectivity index (χ0n) is 9.44. The molecule has 2 N–H and O–H groups in total. The van der Waals surface area contributed by atoms with Crippen LogP contribution < -0.4 is 11.1 Å². The van der Waals surface area contributed by atoms with Gasteiger partial charge in [0, 0.05) is 11.8 Å². The topological polar surface area (TPSA) is 84.3 Å². The van der Waals surface area contributed by atoms with E-state index in [1.165, 1.54) is 0 Å². The summed E-state index contributed by atoms with van der Waals surface area (Å²) in [4.78, 5) is 24.8. The van der Waals surface area contributed by atoms with Gasteiger partial charge in [0.15, 0.2) is 5.58 Å². The number of H-pyrrole nitrogens is 1. The van der Waals surface area contributed by atoms with Crippen molar-refractivity contribution in [1.29, 1.82) is 0 Å². The van der Waals surface area contributed by atoms with Gasteiger partial charge in [-0.25, -0.2) is 9.59 Å². The first-order chi connectivity index (χ1) is 8.04. The highest BCUT2D eigenvalue weighted by atomic mass is 16.6. The molecule has 0 saturated heterocycles. The molecule has 0 aliphatic carbocycles. The SMILES string of the molecule is CC(C)OC(=O)Nc1ccc2[nH]c(=O)oc2c1. The first kappa shape index (κ1) is 11.3. The number of aromatic amines is 1. The summed E-state index contributed by atoms with van der Waals surface area (Å²) in [5, 5.41) is 2.54. The minimum Gasteiger partial charge on any atom is -0.447 e. The molecule has 0 aliphatic rings. The number of benzene rings is 1. The van der Waals surface area contributed by atoms with E-state index in [1.807, 2.05) is 0 Å². The van der Waals surface area contributed by atoms with Crippen molar-refractivity contribution in [1.82, 2.24) is 4.98 Å². The van der Waals surface area contributed by atoms with E-state index in [-0.39, 0.29) is 6.10 Å². The van der Waals surface area contributed by atoms with E-state index < -0.39 is 11.8 Å². The van der Waals surface area contributed by atoms with Gasteiger partial charge >= 0.3 is 11.8 Å². The summed E-state index contributed by atoms with van der Waals surface area (Å²) >= 11 is 0. The van der Waals surface area contributed by atoms with Gasteiger partial charge in [-0.1, -0.05) is 0 Å². The molecule has 17 heavy (non-hydrogen) atoms. The number of hydrogen-bond acceptors (Lipinski definition) is 4. The molecule has 0 aliphatic heterocycles. The number of hydrogen-bond donors (Lipinski definition) is 2. The van der Waals surface area contributed by atoms with Crippen molar-refractivity contribution in [3.63, 3.8) is 0 Å². The quantitative estimate of drug-likeness (QED) is 0.836. The maximum Gasteiger partial charge on any atom is 0.417 e. The average molecular weight is 236 g/mol. The maximum atomic E-state index is 11.3. The molecule has 1 amide bonds. The molecular formula is C11H12N2O4. The summed E-state index contributed by atoms with van der Waals surface area (Å²) in [6.45, 7) is 3.52. The molecule has 90 valence electrons.